The van der Waals surface area contributed by atoms with Crippen LogP contribution < -0.4 is 14.2 Å². The monoisotopic (exact) mass is 1250 g/mol. The van der Waals surface area contributed by atoms with E-state index in [0.29, 0.717) is 31.3 Å². The second kappa shape index (κ2) is 31.1. The van der Waals surface area contributed by atoms with Gasteiger partial charge in [0.25, 0.3) is 0 Å². The molecule has 466 valence electrons. The number of rotatable bonds is 22. The maximum Gasteiger partial charge on any atom is 0.331 e. The van der Waals surface area contributed by atoms with Crippen LogP contribution in [0.5, 0.6) is 17.2 Å². The van der Waals surface area contributed by atoms with E-state index in [1.54, 1.807) is 24.7 Å². The normalized spacial score (nSPS) is 11.1. The van der Waals surface area contributed by atoms with Crippen molar-refractivity contribution >= 4 is 62.3 Å². The number of para-hydroxylation sites is 3. The Kier molecular flexibility index (Phi) is 21.3. The van der Waals surface area contributed by atoms with Crippen molar-refractivity contribution in [3.8, 4) is 51.2 Å². The SMILES string of the molecule is Cc1oc(-c2ccccc2)cc1CCOc1ccnc2c(/C=C/C(=O)OCc3ccccc3)cccc12.Cc1oc(-c2ccccc2)cc1CCOc1ccnc2c(CCC(=O)O)cccc12.Cc1oc(-c2ccccc2)cc1CCOc1ccnc2c(Cl)cccc12. The molecule has 6 aromatic heterocycles. The van der Waals surface area contributed by atoms with Crippen molar-refractivity contribution in [3.63, 3.8) is 0 Å². The molecule has 0 amide bonds. The number of halogens is 1. The average molecular weight is 1250 g/mol. The van der Waals surface area contributed by atoms with Crippen LogP contribution in [0.4, 0.5) is 0 Å². The number of carboxylic acid groups (broad SMARTS) is 1. The number of esters is 1. The fraction of sp³-hybridized carbons (Fsp3) is 0.152. The molecule has 1 N–H and O–H groups in total. The first-order chi connectivity index (χ1) is 45.5. The van der Waals surface area contributed by atoms with E-state index in [-0.39, 0.29) is 13.0 Å². The zero-order valence-corrected chi connectivity index (χ0v) is 52.6. The number of carboxylic acids is 1. The van der Waals surface area contributed by atoms with Gasteiger partial charge < -0.3 is 37.3 Å². The lowest BCUT2D eigenvalue weighted by molar-refractivity contribution is -0.139. The number of aromatic nitrogens is 3. The summed E-state index contributed by atoms with van der Waals surface area (Å²) in [5.74, 6) is 6.40. The number of fused-ring (bicyclic) bond motifs is 3. The van der Waals surface area contributed by atoms with Crippen molar-refractivity contribution in [1.29, 1.82) is 0 Å². The minimum atomic E-state index is -0.815. The van der Waals surface area contributed by atoms with Gasteiger partial charge in [0, 0.05) is 88.8 Å². The van der Waals surface area contributed by atoms with E-state index in [1.165, 1.54) is 6.08 Å². The number of nitrogens with zero attached hydrogens (tertiary/aromatic N) is 3. The minimum Gasteiger partial charge on any atom is -0.492 e. The lowest BCUT2D eigenvalue weighted by atomic mass is 10.0. The molecular weight excluding hydrogens is 1190 g/mol. The predicted molar refractivity (Wildman–Crippen MR) is 366 cm³/mol. The quantitative estimate of drug-likeness (QED) is 0.0503. The van der Waals surface area contributed by atoms with Crippen LogP contribution in [0.25, 0.3) is 72.8 Å². The fourth-order valence-electron chi connectivity index (χ4n) is 10.7. The predicted octanol–water partition coefficient (Wildman–Crippen LogP) is 18.7. The van der Waals surface area contributed by atoms with Crippen LogP contribution in [0, 0.1) is 20.8 Å². The van der Waals surface area contributed by atoms with Crippen molar-refractivity contribution in [1.82, 2.24) is 15.0 Å². The zero-order chi connectivity index (χ0) is 64.3. The second-order valence-corrected chi connectivity index (χ2v) is 22.3. The number of aliphatic carboxylic acids is 1. The molecule has 0 bridgehead atoms. The van der Waals surface area contributed by atoms with Crippen molar-refractivity contribution in [2.75, 3.05) is 19.8 Å². The lowest BCUT2D eigenvalue weighted by Gasteiger charge is -2.11. The maximum atomic E-state index is 12.2. The lowest BCUT2D eigenvalue weighted by Crippen LogP contribution is -2.03. The molecular formula is C79H68ClN3O10. The minimum absolute atomic E-state index is 0.0788. The van der Waals surface area contributed by atoms with E-state index in [1.807, 2.05) is 215 Å². The van der Waals surface area contributed by atoms with Gasteiger partial charge in [-0.1, -0.05) is 163 Å². The van der Waals surface area contributed by atoms with Gasteiger partial charge in [-0.3, -0.25) is 19.7 Å². The summed E-state index contributed by atoms with van der Waals surface area (Å²) in [6.45, 7) is 7.74. The molecule has 0 aliphatic carbocycles. The van der Waals surface area contributed by atoms with Crippen LogP contribution in [0.3, 0.4) is 0 Å². The Morgan fingerprint density at radius 3 is 1.33 bits per heavy atom. The highest BCUT2D eigenvalue weighted by molar-refractivity contribution is 6.35. The smallest absolute Gasteiger partial charge is 0.331 e. The van der Waals surface area contributed by atoms with Gasteiger partial charge in [0.15, 0.2) is 0 Å². The number of hydrogen-bond acceptors (Lipinski definition) is 12. The average Bonchev–Trinajstić information content (AvgIpc) is 1.95. The van der Waals surface area contributed by atoms with Gasteiger partial charge >= 0.3 is 11.9 Å². The number of hydrogen-bond donors (Lipinski definition) is 1. The number of furan rings is 3. The molecule has 0 spiro atoms. The van der Waals surface area contributed by atoms with Gasteiger partial charge in [-0.15, -0.1) is 0 Å². The van der Waals surface area contributed by atoms with Crippen LogP contribution in [0.15, 0.2) is 250 Å². The second-order valence-electron chi connectivity index (χ2n) is 21.9. The Labute approximate surface area is 544 Å². The molecule has 0 saturated heterocycles. The summed E-state index contributed by atoms with van der Waals surface area (Å²) in [5.41, 5.74) is 11.6. The standard InChI is InChI=1S/C32H27NO4.C25H23NO4.C22H18ClNO2/c1-23-27(21-30(37-23)25-11-6-3-7-12-25)18-20-35-29-17-19-33-32-26(13-8-14-28(29)32)15-16-31(34)36-22-24-9-4-2-5-10-24;1-17-20(16-23(30-17)18-6-3-2-4-7-18)13-15-29-22-12-14-26-25-19(10-11-24(27)28)8-5-9-21(22)25;1-15-17(14-21(26-15)16-6-3-2-4-7-16)11-13-25-20-10-12-24-22-18(20)8-5-9-19(22)23/h2-17,19,21H,18,20,22H2,1H3;2-9,12,14,16H,10-11,13,15H2,1H3,(H,27,28);2-10,12,14H,11,13H2,1H3/b16-15+;;. The maximum absolute atomic E-state index is 12.2. The zero-order valence-electron chi connectivity index (χ0n) is 51.8. The molecule has 13 aromatic rings. The highest BCUT2D eigenvalue weighted by Gasteiger charge is 2.16. The summed E-state index contributed by atoms with van der Waals surface area (Å²) in [7, 11) is 0. The van der Waals surface area contributed by atoms with E-state index in [9.17, 15) is 9.59 Å². The van der Waals surface area contributed by atoms with Gasteiger partial charge in [0.2, 0.25) is 0 Å². The Balaban J connectivity index is 0.000000145. The summed E-state index contributed by atoms with van der Waals surface area (Å²) in [6.07, 6.45) is 11.1. The van der Waals surface area contributed by atoms with Crippen molar-refractivity contribution in [2.24, 2.45) is 0 Å². The third-order valence-electron chi connectivity index (χ3n) is 15.6. The van der Waals surface area contributed by atoms with Crippen LogP contribution in [-0.2, 0) is 46.6 Å². The highest BCUT2D eigenvalue weighted by Crippen LogP contribution is 2.33. The molecule has 0 atom stereocenters. The summed E-state index contributed by atoms with van der Waals surface area (Å²) in [4.78, 5) is 36.5. The number of carbonyl (C=O) groups is 2. The van der Waals surface area contributed by atoms with E-state index >= 15 is 0 Å². The van der Waals surface area contributed by atoms with Gasteiger partial charge in [0.05, 0.1) is 41.4 Å². The van der Waals surface area contributed by atoms with Gasteiger partial charge in [-0.25, -0.2) is 4.79 Å². The molecule has 0 fully saturated rings. The molecule has 0 unspecified atom stereocenters. The van der Waals surface area contributed by atoms with Crippen LogP contribution in [0.2, 0.25) is 5.02 Å². The first-order valence-corrected chi connectivity index (χ1v) is 31.1. The highest BCUT2D eigenvalue weighted by atomic mass is 35.5. The Hall–Kier alpha value is -11.0. The first kappa shape index (κ1) is 63.5. The molecule has 13 nitrogen and oxygen atoms in total. The summed E-state index contributed by atoms with van der Waals surface area (Å²) < 4.78 is 41.4. The first-order valence-electron chi connectivity index (χ1n) is 30.7. The molecule has 0 saturated carbocycles. The van der Waals surface area contributed by atoms with E-state index in [4.69, 9.17) is 48.9 Å². The molecule has 13 rings (SSSR count). The Bertz CT molecular complexity index is 4660. The van der Waals surface area contributed by atoms with E-state index in [2.05, 4.69) is 33.2 Å². The van der Waals surface area contributed by atoms with Crippen LogP contribution >= 0.6 is 11.6 Å². The third kappa shape index (κ3) is 16.7. The Morgan fingerprint density at radius 2 is 0.860 bits per heavy atom. The molecule has 14 heteroatoms. The fourth-order valence-corrected chi connectivity index (χ4v) is 11.0. The molecule has 0 aliphatic rings. The van der Waals surface area contributed by atoms with E-state index in [0.717, 1.165) is 154 Å². The third-order valence-corrected chi connectivity index (χ3v) is 15.9. The van der Waals surface area contributed by atoms with Crippen LogP contribution in [-0.4, -0.2) is 51.8 Å². The summed E-state index contributed by atoms with van der Waals surface area (Å²) in [5, 5.41) is 12.3. The van der Waals surface area contributed by atoms with Gasteiger partial charge in [0.1, 0.15) is 58.4 Å². The number of benzene rings is 7. The molecule has 0 radical (unpaired) electrons. The summed E-state index contributed by atoms with van der Waals surface area (Å²) in [6, 6.07) is 69.0. The molecule has 93 heavy (non-hydrogen) atoms. The topological polar surface area (TPSA) is 169 Å². The summed E-state index contributed by atoms with van der Waals surface area (Å²) >= 11 is 6.21. The van der Waals surface area contributed by atoms with Gasteiger partial charge in [-0.2, -0.15) is 0 Å². The largest absolute Gasteiger partial charge is 0.492 e. The number of pyridine rings is 3. The molecule has 6 heterocycles. The van der Waals surface area contributed by atoms with Crippen molar-refractivity contribution in [3.05, 3.63) is 293 Å². The number of carbonyl (C=O) groups excluding carboxylic acids is 1. The van der Waals surface area contributed by atoms with Gasteiger partial charge in [-0.05, 0) is 122 Å². The molecule has 7 aromatic carbocycles. The van der Waals surface area contributed by atoms with Crippen molar-refractivity contribution < 1.29 is 46.9 Å². The molecule has 0 aliphatic heterocycles. The number of ether oxygens (including phenoxy) is 4. The Morgan fingerprint density at radius 1 is 0.452 bits per heavy atom. The number of aryl methyl sites for hydroxylation is 4. The van der Waals surface area contributed by atoms with E-state index < -0.39 is 11.9 Å². The van der Waals surface area contributed by atoms with Crippen molar-refractivity contribution in [2.45, 2.75) is 59.5 Å². The van der Waals surface area contributed by atoms with Crippen LogP contribution in [0.1, 0.15) is 57.1 Å².